The van der Waals surface area contributed by atoms with Crippen molar-refractivity contribution in [1.29, 1.82) is 0 Å². The fourth-order valence-electron chi connectivity index (χ4n) is 2.18. The summed E-state index contributed by atoms with van der Waals surface area (Å²) in [4.78, 5) is 12.0. The molecule has 2 amide bonds. The molecule has 1 heterocycles. The molecule has 3 aromatic rings. The Morgan fingerprint density at radius 1 is 1.12 bits per heavy atom. The molecule has 1 atom stereocenters. The molecule has 0 fully saturated rings. The predicted octanol–water partition coefficient (Wildman–Crippen LogP) is 2.68. The average Bonchev–Trinajstić information content (AvgIpc) is 3.10. The highest BCUT2D eigenvalue weighted by atomic mass is 19.1. The first kappa shape index (κ1) is 15.6. The van der Waals surface area contributed by atoms with E-state index in [0.717, 1.165) is 11.3 Å². The number of benzene rings is 2. The van der Waals surface area contributed by atoms with Crippen molar-refractivity contribution in [2.24, 2.45) is 0 Å². The molecule has 3 rings (SSSR count). The standard InChI is InChI=1S/C16H15FN6O/c1-11(12-2-4-13(17)5-3-12)19-16(24)20-14-6-8-15(9-7-14)23-10-18-21-22-23/h2-11H,1H3,(H2,19,20,24)/t11-/m1/s1. The molecule has 122 valence electrons. The van der Waals surface area contributed by atoms with Gasteiger partial charge in [-0.05, 0) is 59.3 Å². The number of carbonyl (C=O) groups is 1. The van der Waals surface area contributed by atoms with E-state index in [-0.39, 0.29) is 17.9 Å². The number of urea groups is 1. The van der Waals surface area contributed by atoms with Crippen LogP contribution in [0.1, 0.15) is 18.5 Å². The van der Waals surface area contributed by atoms with Gasteiger partial charge in [-0.25, -0.2) is 13.9 Å². The SMILES string of the molecule is C[C@@H](NC(=O)Nc1ccc(-n2cnnn2)cc1)c1ccc(F)cc1. The maximum absolute atomic E-state index is 12.9. The van der Waals surface area contributed by atoms with Gasteiger partial charge in [0.1, 0.15) is 12.1 Å². The Labute approximate surface area is 137 Å². The summed E-state index contributed by atoms with van der Waals surface area (Å²) in [5, 5.41) is 16.5. The van der Waals surface area contributed by atoms with Gasteiger partial charge in [0.2, 0.25) is 0 Å². The number of tetrazole rings is 1. The Morgan fingerprint density at radius 2 is 1.83 bits per heavy atom. The van der Waals surface area contributed by atoms with E-state index in [1.54, 1.807) is 36.4 Å². The second-order valence-corrected chi connectivity index (χ2v) is 5.17. The number of hydrogen-bond donors (Lipinski definition) is 2. The normalized spacial score (nSPS) is 11.8. The van der Waals surface area contributed by atoms with Crippen LogP contribution in [0.25, 0.3) is 5.69 Å². The summed E-state index contributed by atoms with van der Waals surface area (Å²) < 4.78 is 14.4. The first-order valence-corrected chi connectivity index (χ1v) is 7.28. The number of aromatic nitrogens is 4. The quantitative estimate of drug-likeness (QED) is 0.772. The summed E-state index contributed by atoms with van der Waals surface area (Å²) >= 11 is 0. The van der Waals surface area contributed by atoms with Gasteiger partial charge in [-0.2, -0.15) is 0 Å². The first-order chi connectivity index (χ1) is 11.6. The van der Waals surface area contributed by atoms with E-state index in [4.69, 9.17) is 0 Å². The summed E-state index contributed by atoms with van der Waals surface area (Å²) in [5.74, 6) is -0.307. The van der Waals surface area contributed by atoms with E-state index in [2.05, 4.69) is 26.2 Å². The molecular weight excluding hydrogens is 311 g/mol. The Balaban J connectivity index is 1.59. The van der Waals surface area contributed by atoms with Crippen LogP contribution in [0, 0.1) is 5.82 Å². The van der Waals surface area contributed by atoms with E-state index >= 15 is 0 Å². The molecule has 24 heavy (non-hydrogen) atoms. The number of anilines is 1. The fourth-order valence-corrected chi connectivity index (χ4v) is 2.18. The third-order valence-electron chi connectivity index (χ3n) is 3.46. The third-order valence-corrected chi connectivity index (χ3v) is 3.46. The predicted molar refractivity (Wildman–Crippen MR) is 86.1 cm³/mol. The second-order valence-electron chi connectivity index (χ2n) is 5.17. The maximum Gasteiger partial charge on any atom is 0.319 e. The molecule has 2 aromatic carbocycles. The topological polar surface area (TPSA) is 84.7 Å². The zero-order valence-corrected chi connectivity index (χ0v) is 12.8. The van der Waals surface area contributed by atoms with Crippen LogP contribution in [-0.2, 0) is 0 Å². The molecule has 0 aliphatic rings. The molecule has 0 aliphatic carbocycles. The van der Waals surface area contributed by atoms with Gasteiger partial charge in [0.05, 0.1) is 11.7 Å². The van der Waals surface area contributed by atoms with Crippen LogP contribution in [0.15, 0.2) is 54.9 Å². The first-order valence-electron chi connectivity index (χ1n) is 7.28. The van der Waals surface area contributed by atoms with Crippen LogP contribution >= 0.6 is 0 Å². The molecule has 0 aliphatic heterocycles. The van der Waals surface area contributed by atoms with Gasteiger partial charge in [0.15, 0.2) is 0 Å². The van der Waals surface area contributed by atoms with Crippen molar-refractivity contribution in [2.75, 3.05) is 5.32 Å². The number of nitrogens with zero attached hydrogens (tertiary/aromatic N) is 4. The van der Waals surface area contributed by atoms with Crippen LogP contribution in [0.2, 0.25) is 0 Å². The van der Waals surface area contributed by atoms with Crippen molar-refractivity contribution in [3.8, 4) is 5.69 Å². The van der Waals surface area contributed by atoms with Gasteiger partial charge in [-0.3, -0.25) is 0 Å². The van der Waals surface area contributed by atoms with E-state index in [0.29, 0.717) is 5.69 Å². The summed E-state index contributed by atoms with van der Waals surface area (Å²) in [6.07, 6.45) is 1.49. The molecule has 0 spiro atoms. The summed E-state index contributed by atoms with van der Waals surface area (Å²) in [6.45, 7) is 1.83. The lowest BCUT2D eigenvalue weighted by molar-refractivity contribution is 0.249. The van der Waals surface area contributed by atoms with E-state index in [1.165, 1.54) is 23.1 Å². The van der Waals surface area contributed by atoms with E-state index < -0.39 is 0 Å². The van der Waals surface area contributed by atoms with E-state index in [9.17, 15) is 9.18 Å². The highest BCUT2D eigenvalue weighted by Crippen LogP contribution is 2.14. The lowest BCUT2D eigenvalue weighted by Gasteiger charge is -2.15. The minimum atomic E-state index is -0.345. The van der Waals surface area contributed by atoms with Crippen LogP contribution in [0.3, 0.4) is 0 Å². The average molecular weight is 326 g/mol. The van der Waals surface area contributed by atoms with Crippen LogP contribution < -0.4 is 10.6 Å². The van der Waals surface area contributed by atoms with Crippen LogP contribution in [-0.4, -0.2) is 26.2 Å². The number of halogens is 1. The highest BCUT2D eigenvalue weighted by molar-refractivity contribution is 5.89. The monoisotopic (exact) mass is 326 g/mol. The summed E-state index contributed by atoms with van der Waals surface area (Å²) in [5.41, 5.74) is 2.24. The third kappa shape index (κ3) is 3.72. The maximum atomic E-state index is 12.9. The zero-order valence-electron chi connectivity index (χ0n) is 12.8. The second kappa shape index (κ2) is 6.86. The van der Waals surface area contributed by atoms with Gasteiger partial charge in [-0.1, -0.05) is 12.1 Å². The van der Waals surface area contributed by atoms with Crippen molar-refractivity contribution < 1.29 is 9.18 Å². The number of hydrogen-bond acceptors (Lipinski definition) is 4. The van der Waals surface area contributed by atoms with Gasteiger partial charge in [0.25, 0.3) is 0 Å². The fraction of sp³-hybridized carbons (Fsp3) is 0.125. The molecule has 7 nitrogen and oxygen atoms in total. The van der Waals surface area contributed by atoms with Gasteiger partial charge in [-0.15, -0.1) is 5.10 Å². The molecule has 1 aromatic heterocycles. The lowest BCUT2D eigenvalue weighted by Crippen LogP contribution is -2.31. The molecule has 2 N–H and O–H groups in total. The lowest BCUT2D eigenvalue weighted by atomic mass is 10.1. The minimum absolute atomic E-state index is 0.244. The van der Waals surface area contributed by atoms with Gasteiger partial charge in [0, 0.05) is 5.69 Å². The molecule has 0 radical (unpaired) electrons. The summed E-state index contributed by atoms with van der Waals surface area (Å²) in [7, 11) is 0. The smallest absolute Gasteiger partial charge is 0.319 e. The van der Waals surface area contributed by atoms with Gasteiger partial charge < -0.3 is 10.6 Å². The molecule has 8 heteroatoms. The van der Waals surface area contributed by atoms with Crippen molar-refractivity contribution in [1.82, 2.24) is 25.5 Å². The molecule has 0 bridgehead atoms. The van der Waals surface area contributed by atoms with Crippen LogP contribution in [0.5, 0.6) is 0 Å². The molecule has 0 unspecified atom stereocenters. The van der Waals surface area contributed by atoms with Crippen molar-refractivity contribution in [3.05, 3.63) is 66.2 Å². The Hall–Kier alpha value is -3.29. The molecule has 0 saturated carbocycles. The largest absolute Gasteiger partial charge is 0.331 e. The Bertz CT molecular complexity index is 802. The van der Waals surface area contributed by atoms with Crippen molar-refractivity contribution >= 4 is 11.7 Å². The summed E-state index contributed by atoms with van der Waals surface area (Å²) in [6, 6.07) is 12.5. The number of carbonyl (C=O) groups excluding carboxylic acids is 1. The highest BCUT2D eigenvalue weighted by Gasteiger charge is 2.10. The Kier molecular flexibility index (Phi) is 4.46. The van der Waals surface area contributed by atoms with E-state index in [1.807, 2.05) is 6.92 Å². The molecule has 0 saturated heterocycles. The minimum Gasteiger partial charge on any atom is -0.331 e. The zero-order chi connectivity index (χ0) is 16.9. The number of rotatable bonds is 4. The van der Waals surface area contributed by atoms with Gasteiger partial charge >= 0.3 is 6.03 Å². The number of amides is 2. The number of nitrogens with one attached hydrogen (secondary N) is 2. The van der Waals surface area contributed by atoms with Crippen molar-refractivity contribution in [2.45, 2.75) is 13.0 Å². The van der Waals surface area contributed by atoms with Crippen LogP contribution in [0.4, 0.5) is 14.9 Å². The Morgan fingerprint density at radius 3 is 2.46 bits per heavy atom. The molecular formula is C16H15FN6O. The van der Waals surface area contributed by atoms with Crippen molar-refractivity contribution in [3.63, 3.8) is 0 Å².